The van der Waals surface area contributed by atoms with Crippen molar-refractivity contribution in [3.63, 3.8) is 0 Å². The molecule has 8 aromatic rings. The first kappa shape index (κ1) is 26.5. The zero-order chi connectivity index (χ0) is 30.5. The van der Waals surface area contributed by atoms with E-state index < -0.39 is 0 Å². The number of fused-ring (bicyclic) bond motifs is 4. The van der Waals surface area contributed by atoms with Gasteiger partial charge in [-0.25, -0.2) is 0 Å². The van der Waals surface area contributed by atoms with Crippen LogP contribution in [0.1, 0.15) is 22.6 Å². The van der Waals surface area contributed by atoms with Crippen LogP contribution in [0.4, 0.5) is 17.1 Å². The van der Waals surface area contributed by atoms with E-state index in [1.807, 2.05) is 0 Å². The van der Waals surface area contributed by atoms with Crippen molar-refractivity contribution < 1.29 is 0 Å². The third kappa shape index (κ3) is 4.32. The van der Waals surface area contributed by atoms with E-state index in [9.17, 15) is 0 Å². The fourth-order valence-corrected chi connectivity index (χ4v) is 7.50. The molecule has 1 aliphatic carbocycles. The molecule has 0 saturated carbocycles. The second-order valence-corrected chi connectivity index (χ2v) is 12.1. The monoisotopic (exact) mass is 585 g/mol. The van der Waals surface area contributed by atoms with Crippen LogP contribution in [0.15, 0.2) is 182 Å². The molecule has 8 aromatic carbocycles. The minimum atomic E-state index is 0.0639. The van der Waals surface area contributed by atoms with Gasteiger partial charge in [-0.05, 0) is 96.9 Å². The van der Waals surface area contributed by atoms with E-state index in [0.29, 0.717) is 0 Å². The molecule has 0 N–H and O–H groups in total. The van der Waals surface area contributed by atoms with Crippen LogP contribution in [0.5, 0.6) is 0 Å². The Bertz CT molecular complexity index is 2310. The highest BCUT2D eigenvalue weighted by Crippen LogP contribution is 2.51. The summed E-state index contributed by atoms with van der Waals surface area (Å²) in [5.74, 6) is 0.0639. The van der Waals surface area contributed by atoms with Crippen molar-refractivity contribution in [2.24, 2.45) is 0 Å². The molecule has 0 aliphatic heterocycles. The predicted octanol–water partition coefficient (Wildman–Crippen LogP) is 12.3. The molecule has 0 fully saturated rings. The van der Waals surface area contributed by atoms with Crippen molar-refractivity contribution in [3.8, 4) is 22.3 Å². The lowest BCUT2D eigenvalue weighted by atomic mass is 9.72. The van der Waals surface area contributed by atoms with Gasteiger partial charge in [-0.2, -0.15) is 0 Å². The Hall–Kier alpha value is -5.92. The van der Waals surface area contributed by atoms with Crippen LogP contribution in [0.25, 0.3) is 43.8 Å². The van der Waals surface area contributed by atoms with Gasteiger partial charge < -0.3 is 4.90 Å². The molecular formula is C45H31N. The number of anilines is 3. The lowest BCUT2D eigenvalue weighted by Crippen LogP contribution is -2.14. The van der Waals surface area contributed by atoms with Crippen LogP contribution in [-0.4, -0.2) is 0 Å². The molecule has 0 heterocycles. The number of rotatable bonds is 5. The Balaban J connectivity index is 1.37. The van der Waals surface area contributed by atoms with Crippen molar-refractivity contribution in [2.75, 3.05) is 4.90 Å². The van der Waals surface area contributed by atoms with Crippen LogP contribution in [0, 0.1) is 0 Å². The van der Waals surface area contributed by atoms with E-state index in [0.717, 1.165) is 17.1 Å². The smallest absolute Gasteiger partial charge is 0.0470 e. The van der Waals surface area contributed by atoms with E-state index in [2.05, 4.69) is 187 Å². The van der Waals surface area contributed by atoms with Gasteiger partial charge in [0, 0.05) is 23.0 Å². The number of hydrogen-bond donors (Lipinski definition) is 0. The number of benzene rings is 8. The van der Waals surface area contributed by atoms with Crippen LogP contribution in [0.2, 0.25) is 0 Å². The zero-order valence-electron chi connectivity index (χ0n) is 25.3. The summed E-state index contributed by atoms with van der Waals surface area (Å²) in [5.41, 5.74) is 12.5. The second-order valence-electron chi connectivity index (χ2n) is 12.1. The first-order valence-corrected chi connectivity index (χ1v) is 16.0. The van der Waals surface area contributed by atoms with Crippen LogP contribution >= 0.6 is 0 Å². The van der Waals surface area contributed by atoms with Gasteiger partial charge in [0.1, 0.15) is 0 Å². The van der Waals surface area contributed by atoms with Gasteiger partial charge in [-0.3, -0.25) is 0 Å². The molecule has 216 valence electrons. The van der Waals surface area contributed by atoms with Crippen LogP contribution in [0.3, 0.4) is 0 Å². The fraction of sp³-hybridized carbons (Fsp3) is 0.0222. The highest BCUT2D eigenvalue weighted by molar-refractivity contribution is 6.10. The highest BCUT2D eigenvalue weighted by atomic mass is 15.1. The van der Waals surface area contributed by atoms with Crippen molar-refractivity contribution in [3.05, 3.63) is 199 Å². The summed E-state index contributed by atoms with van der Waals surface area (Å²) >= 11 is 0. The summed E-state index contributed by atoms with van der Waals surface area (Å²) in [6.07, 6.45) is 0. The lowest BCUT2D eigenvalue weighted by molar-refractivity contribution is 0.985. The maximum Gasteiger partial charge on any atom is 0.0470 e. The largest absolute Gasteiger partial charge is 0.310 e. The SMILES string of the molecule is c1ccc(-c2cc(C3c4ccc5ccccc5c4-c4cccc5cccc3c45)cc(N(c3ccccc3)c3ccccc3)c2)cc1. The molecule has 0 amide bonds. The predicted molar refractivity (Wildman–Crippen MR) is 194 cm³/mol. The normalized spacial score (nSPS) is 13.4. The van der Waals surface area contributed by atoms with Crippen molar-refractivity contribution >= 4 is 38.6 Å². The molecule has 1 aliphatic rings. The fourth-order valence-electron chi connectivity index (χ4n) is 7.50. The maximum atomic E-state index is 2.42. The summed E-state index contributed by atoms with van der Waals surface area (Å²) in [7, 11) is 0. The van der Waals surface area contributed by atoms with Gasteiger partial charge in [0.2, 0.25) is 0 Å². The average molecular weight is 586 g/mol. The summed E-state index contributed by atoms with van der Waals surface area (Å²) in [4.78, 5) is 2.38. The van der Waals surface area contributed by atoms with E-state index >= 15 is 0 Å². The van der Waals surface area contributed by atoms with Crippen molar-refractivity contribution in [1.29, 1.82) is 0 Å². The lowest BCUT2D eigenvalue weighted by Gasteiger charge is -2.32. The number of hydrogen-bond acceptors (Lipinski definition) is 1. The van der Waals surface area contributed by atoms with E-state index in [1.54, 1.807) is 0 Å². The molecule has 0 bridgehead atoms. The van der Waals surface area contributed by atoms with E-state index in [4.69, 9.17) is 0 Å². The standard InChI is InChI=1S/C45H31N/c1-4-14-31(15-5-1)34-28-35(30-38(29-34)46(36-19-6-2-7-20-36)37-21-8-3-9-22-37)44-40-24-12-17-33-18-13-25-41(43(33)40)45-39-23-11-10-16-32(39)26-27-42(44)45/h1-30,44H. The van der Waals surface area contributed by atoms with E-state index in [1.165, 1.54) is 60.5 Å². The van der Waals surface area contributed by atoms with Gasteiger partial charge in [0.15, 0.2) is 0 Å². The number of para-hydroxylation sites is 2. The number of nitrogens with zero attached hydrogens (tertiary/aromatic N) is 1. The molecule has 0 spiro atoms. The van der Waals surface area contributed by atoms with Crippen molar-refractivity contribution in [2.45, 2.75) is 5.92 Å². The molecule has 1 heteroatoms. The Labute approximate surface area is 269 Å². The minimum absolute atomic E-state index is 0.0639. The summed E-state index contributed by atoms with van der Waals surface area (Å²) in [6.45, 7) is 0. The Morgan fingerprint density at radius 1 is 0.391 bits per heavy atom. The summed E-state index contributed by atoms with van der Waals surface area (Å²) in [5, 5.41) is 5.22. The zero-order valence-corrected chi connectivity index (χ0v) is 25.3. The third-order valence-electron chi connectivity index (χ3n) is 9.46. The van der Waals surface area contributed by atoms with Crippen molar-refractivity contribution in [1.82, 2.24) is 0 Å². The molecular weight excluding hydrogens is 555 g/mol. The van der Waals surface area contributed by atoms with Gasteiger partial charge in [-0.1, -0.05) is 146 Å². The summed E-state index contributed by atoms with van der Waals surface area (Å²) < 4.78 is 0. The van der Waals surface area contributed by atoms with Gasteiger partial charge in [-0.15, -0.1) is 0 Å². The molecule has 9 rings (SSSR count). The molecule has 1 nitrogen and oxygen atoms in total. The van der Waals surface area contributed by atoms with E-state index in [-0.39, 0.29) is 5.92 Å². The first-order chi connectivity index (χ1) is 22.8. The Morgan fingerprint density at radius 3 is 1.76 bits per heavy atom. The van der Waals surface area contributed by atoms with Gasteiger partial charge in [0.05, 0.1) is 0 Å². The highest BCUT2D eigenvalue weighted by Gasteiger charge is 2.30. The second kappa shape index (κ2) is 10.9. The third-order valence-corrected chi connectivity index (χ3v) is 9.46. The average Bonchev–Trinajstić information content (AvgIpc) is 3.13. The van der Waals surface area contributed by atoms with Crippen LogP contribution < -0.4 is 4.90 Å². The Kier molecular flexibility index (Phi) is 6.28. The van der Waals surface area contributed by atoms with Gasteiger partial charge in [0.25, 0.3) is 0 Å². The maximum absolute atomic E-state index is 2.42. The molecule has 1 unspecified atom stereocenters. The molecule has 1 atom stereocenters. The van der Waals surface area contributed by atoms with Crippen LogP contribution in [-0.2, 0) is 0 Å². The minimum Gasteiger partial charge on any atom is -0.310 e. The molecule has 0 saturated heterocycles. The van der Waals surface area contributed by atoms with Gasteiger partial charge >= 0.3 is 0 Å². The quantitative estimate of drug-likeness (QED) is 0.194. The molecule has 0 aromatic heterocycles. The summed E-state index contributed by atoms with van der Waals surface area (Å²) in [6, 6.07) is 66.5. The topological polar surface area (TPSA) is 3.24 Å². The molecule has 46 heavy (non-hydrogen) atoms. The first-order valence-electron chi connectivity index (χ1n) is 16.0. The Morgan fingerprint density at radius 2 is 1.02 bits per heavy atom. The molecule has 0 radical (unpaired) electrons.